The lowest BCUT2D eigenvalue weighted by atomic mass is 9.93. The van der Waals surface area contributed by atoms with E-state index in [1.165, 1.54) is 32.1 Å². The summed E-state index contributed by atoms with van der Waals surface area (Å²) in [5.41, 5.74) is 0. The number of nitrogens with zero attached hydrogens (tertiary/aromatic N) is 1. The third kappa shape index (κ3) is 2.03. The zero-order chi connectivity index (χ0) is 11.0. The van der Waals surface area contributed by atoms with Gasteiger partial charge >= 0.3 is 6.03 Å². The minimum Gasteiger partial charge on any atom is -0.335 e. The van der Waals surface area contributed by atoms with E-state index in [-0.39, 0.29) is 6.03 Å². The predicted molar refractivity (Wildman–Crippen MR) is 62.3 cm³/mol. The van der Waals surface area contributed by atoms with Crippen molar-refractivity contribution in [3.05, 3.63) is 0 Å². The molecule has 2 heterocycles. The molecule has 2 amide bonds. The maximum absolute atomic E-state index is 12.0. The number of carbonyl (C=O) groups is 1. The van der Waals surface area contributed by atoms with E-state index in [4.69, 9.17) is 0 Å². The highest BCUT2D eigenvalue weighted by Gasteiger charge is 2.32. The number of nitrogens with one attached hydrogen (secondary N) is 2. The maximum atomic E-state index is 12.0. The first-order chi connectivity index (χ1) is 7.81. The molecule has 2 bridgehead atoms. The molecule has 4 nitrogen and oxygen atoms in total. The third-order valence-electron chi connectivity index (χ3n) is 4.24. The van der Waals surface area contributed by atoms with Crippen LogP contribution in [0.15, 0.2) is 0 Å². The molecule has 0 aromatic rings. The lowest BCUT2D eigenvalue weighted by Crippen LogP contribution is -2.49. The van der Waals surface area contributed by atoms with Crippen LogP contribution >= 0.6 is 0 Å². The van der Waals surface area contributed by atoms with Crippen LogP contribution in [0.5, 0.6) is 0 Å². The van der Waals surface area contributed by atoms with Gasteiger partial charge in [-0.3, -0.25) is 0 Å². The average molecular weight is 223 g/mol. The molecule has 1 saturated carbocycles. The van der Waals surface area contributed by atoms with E-state index in [0.29, 0.717) is 18.1 Å². The highest BCUT2D eigenvalue weighted by atomic mass is 16.2. The summed E-state index contributed by atoms with van der Waals surface area (Å²) in [6.45, 7) is 1.82. The summed E-state index contributed by atoms with van der Waals surface area (Å²) in [5.74, 6) is 0. The van der Waals surface area contributed by atoms with Crippen molar-refractivity contribution in [2.24, 2.45) is 0 Å². The Morgan fingerprint density at radius 3 is 2.69 bits per heavy atom. The van der Waals surface area contributed by atoms with Gasteiger partial charge in [0.1, 0.15) is 0 Å². The van der Waals surface area contributed by atoms with Crippen LogP contribution in [0.1, 0.15) is 38.5 Å². The monoisotopic (exact) mass is 223 g/mol. The van der Waals surface area contributed by atoms with Gasteiger partial charge in [-0.1, -0.05) is 0 Å². The van der Waals surface area contributed by atoms with Gasteiger partial charge in [-0.15, -0.1) is 0 Å². The molecule has 0 aromatic carbocycles. The number of hydrogen-bond donors (Lipinski definition) is 2. The van der Waals surface area contributed by atoms with Gasteiger partial charge in [0, 0.05) is 31.2 Å². The predicted octanol–water partition coefficient (Wildman–Crippen LogP) is 1.07. The van der Waals surface area contributed by atoms with Crippen LogP contribution in [0.3, 0.4) is 0 Å². The fourth-order valence-electron chi connectivity index (χ4n) is 2.95. The normalized spacial score (nSPS) is 34.4. The molecule has 3 rings (SSSR count). The van der Waals surface area contributed by atoms with Crippen molar-refractivity contribution in [1.82, 2.24) is 15.5 Å². The molecule has 0 spiro atoms. The van der Waals surface area contributed by atoms with Crippen molar-refractivity contribution in [1.29, 1.82) is 0 Å². The van der Waals surface area contributed by atoms with Crippen molar-refractivity contribution >= 4 is 6.03 Å². The van der Waals surface area contributed by atoms with E-state index in [0.717, 1.165) is 19.5 Å². The topological polar surface area (TPSA) is 44.4 Å². The van der Waals surface area contributed by atoms with Crippen LogP contribution in [-0.2, 0) is 0 Å². The zero-order valence-corrected chi connectivity index (χ0v) is 9.74. The van der Waals surface area contributed by atoms with E-state index < -0.39 is 0 Å². The second kappa shape index (κ2) is 4.24. The number of amides is 2. The molecular formula is C12H21N3O. The molecule has 0 aromatic heterocycles. The molecular weight excluding hydrogens is 202 g/mol. The fraction of sp³-hybridized carbons (Fsp3) is 0.917. The Labute approximate surface area is 96.8 Å². The molecule has 2 aliphatic heterocycles. The highest BCUT2D eigenvalue weighted by Crippen LogP contribution is 2.22. The quantitative estimate of drug-likeness (QED) is 0.698. The number of carbonyl (C=O) groups excluding carboxylic acids is 1. The second-order valence-electron chi connectivity index (χ2n) is 5.45. The molecule has 4 heteroatoms. The van der Waals surface area contributed by atoms with Crippen molar-refractivity contribution in [3.8, 4) is 0 Å². The Morgan fingerprint density at radius 2 is 1.94 bits per heavy atom. The first-order valence-electron chi connectivity index (χ1n) is 6.63. The van der Waals surface area contributed by atoms with Gasteiger partial charge in [0.2, 0.25) is 0 Å². The van der Waals surface area contributed by atoms with Gasteiger partial charge in [0.05, 0.1) is 0 Å². The van der Waals surface area contributed by atoms with Gasteiger partial charge in [0.25, 0.3) is 0 Å². The van der Waals surface area contributed by atoms with Crippen molar-refractivity contribution < 1.29 is 4.79 Å². The Kier molecular flexibility index (Phi) is 2.75. The summed E-state index contributed by atoms with van der Waals surface area (Å²) < 4.78 is 0. The molecule has 2 atom stereocenters. The SMILES string of the molecule is O=C(NC1CCC1)N1CCC2CCC(C1)N2. The highest BCUT2D eigenvalue weighted by molar-refractivity contribution is 5.74. The van der Waals surface area contributed by atoms with Crippen LogP contribution in [0.2, 0.25) is 0 Å². The van der Waals surface area contributed by atoms with Crippen LogP contribution < -0.4 is 10.6 Å². The smallest absolute Gasteiger partial charge is 0.317 e. The lowest BCUT2D eigenvalue weighted by Gasteiger charge is -2.31. The number of fused-ring (bicyclic) bond motifs is 2. The van der Waals surface area contributed by atoms with Crippen LogP contribution in [0.4, 0.5) is 4.79 Å². The van der Waals surface area contributed by atoms with Crippen molar-refractivity contribution in [3.63, 3.8) is 0 Å². The first kappa shape index (κ1) is 10.4. The minimum atomic E-state index is 0.166. The van der Waals surface area contributed by atoms with Crippen LogP contribution in [0.25, 0.3) is 0 Å². The molecule has 90 valence electrons. The van der Waals surface area contributed by atoms with Crippen LogP contribution in [0, 0.1) is 0 Å². The molecule has 2 unspecified atom stereocenters. The largest absolute Gasteiger partial charge is 0.335 e. The molecule has 1 aliphatic carbocycles. The molecule has 3 aliphatic rings. The van der Waals surface area contributed by atoms with E-state index in [9.17, 15) is 4.79 Å². The van der Waals surface area contributed by atoms with Crippen molar-refractivity contribution in [2.45, 2.75) is 56.7 Å². The van der Waals surface area contributed by atoms with Gasteiger partial charge in [0.15, 0.2) is 0 Å². The molecule has 2 N–H and O–H groups in total. The van der Waals surface area contributed by atoms with Gasteiger partial charge in [-0.25, -0.2) is 4.79 Å². The second-order valence-corrected chi connectivity index (χ2v) is 5.45. The fourth-order valence-corrected chi connectivity index (χ4v) is 2.95. The summed E-state index contributed by atoms with van der Waals surface area (Å²) in [5, 5.41) is 6.73. The Balaban J connectivity index is 1.55. The molecule has 2 saturated heterocycles. The average Bonchev–Trinajstić information content (AvgIpc) is 2.52. The number of likely N-dealkylation sites (tertiary alicyclic amines) is 1. The van der Waals surface area contributed by atoms with E-state index >= 15 is 0 Å². The number of rotatable bonds is 1. The van der Waals surface area contributed by atoms with Gasteiger partial charge in [-0.05, 0) is 38.5 Å². The number of urea groups is 1. The Bertz CT molecular complexity index is 277. The van der Waals surface area contributed by atoms with Gasteiger partial charge in [-0.2, -0.15) is 0 Å². The van der Waals surface area contributed by atoms with Crippen LogP contribution in [-0.4, -0.2) is 42.1 Å². The summed E-state index contributed by atoms with van der Waals surface area (Å²) in [6, 6.07) is 1.83. The summed E-state index contributed by atoms with van der Waals surface area (Å²) >= 11 is 0. The zero-order valence-electron chi connectivity index (χ0n) is 9.74. The third-order valence-corrected chi connectivity index (χ3v) is 4.24. The van der Waals surface area contributed by atoms with E-state index in [1.807, 2.05) is 4.90 Å². The van der Waals surface area contributed by atoms with Gasteiger partial charge < -0.3 is 15.5 Å². The van der Waals surface area contributed by atoms with E-state index in [2.05, 4.69) is 10.6 Å². The Hall–Kier alpha value is -0.770. The molecule has 3 fully saturated rings. The first-order valence-corrected chi connectivity index (χ1v) is 6.63. The van der Waals surface area contributed by atoms with Crippen molar-refractivity contribution in [2.75, 3.05) is 13.1 Å². The Morgan fingerprint density at radius 1 is 1.12 bits per heavy atom. The maximum Gasteiger partial charge on any atom is 0.317 e. The lowest BCUT2D eigenvalue weighted by molar-refractivity contribution is 0.183. The standard InChI is InChI=1S/C12H21N3O/c16-12(14-9-2-1-3-9)15-7-6-10-4-5-11(8-15)13-10/h9-11,13H,1-8H2,(H,14,16). The minimum absolute atomic E-state index is 0.166. The van der Waals surface area contributed by atoms with E-state index in [1.54, 1.807) is 0 Å². The molecule has 0 radical (unpaired) electrons. The summed E-state index contributed by atoms with van der Waals surface area (Å²) in [4.78, 5) is 14.0. The number of hydrogen-bond acceptors (Lipinski definition) is 2. The summed E-state index contributed by atoms with van der Waals surface area (Å²) in [7, 11) is 0. The summed E-state index contributed by atoms with van der Waals surface area (Å²) in [6.07, 6.45) is 7.26. The molecule has 16 heavy (non-hydrogen) atoms.